The molecule has 0 aliphatic heterocycles. The third kappa shape index (κ3) is 2.75. The number of rotatable bonds is 3. The zero-order valence-electron chi connectivity index (χ0n) is 8.99. The van der Waals surface area contributed by atoms with Crippen LogP contribution in [0, 0.1) is 5.82 Å². The molecule has 0 saturated carbocycles. The van der Waals surface area contributed by atoms with E-state index in [0.717, 1.165) is 0 Å². The Morgan fingerprint density at radius 1 is 1.12 bits per heavy atom. The third-order valence-corrected chi connectivity index (χ3v) is 2.60. The Hall–Kier alpha value is -1.58. The van der Waals surface area contributed by atoms with E-state index < -0.39 is 5.82 Å². The molecule has 0 amide bonds. The van der Waals surface area contributed by atoms with Crippen LogP contribution in [0.3, 0.4) is 0 Å². The Kier molecular flexibility index (Phi) is 3.61. The first-order chi connectivity index (χ1) is 8.20. The van der Waals surface area contributed by atoms with Gasteiger partial charge in [-0.25, -0.2) is 4.39 Å². The molecule has 4 heteroatoms. The molecule has 0 aliphatic rings. The van der Waals surface area contributed by atoms with Crippen LogP contribution in [0.2, 0.25) is 5.02 Å². The van der Waals surface area contributed by atoms with Crippen LogP contribution >= 0.6 is 11.6 Å². The highest BCUT2D eigenvalue weighted by atomic mass is 35.5. The number of halogens is 2. The van der Waals surface area contributed by atoms with Gasteiger partial charge in [-0.2, -0.15) is 0 Å². The fraction of sp³-hybridized carbons (Fsp3) is 0.0769. The molecule has 0 heterocycles. The Balaban J connectivity index is 2.28. The maximum Gasteiger partial charge on any atom is 0.166 e. The van der Waals surface area contributed by atoms with Gasteiger partial charge in [0.05, 0.1) is 5.02 Å². The van der Waals surface area contributed by atoms with Gasteiger partial charge in [0.1, 0.15) is 5.75 Å². The first-order valence-corrected chi connectivity index (χ1v) is 5.49. The highest BCUT2D eigenvalue weighted by Gasteiger charge is 2.07. The number of hydrogen-bond acceptors (Lipinski definition) is 2. The molecule has 2 aromatic rings. The lowest BCUT2D eigenvalue weighted by Crippen LogP contribution is -1.97. The Morgan fingerprint density at radius 2 is 1.88 bits per heavy atom. The van der Waals surface area contributed by atoms with E-state index in [0.29, 0.717) is 22.9 Å². The van der Waals surface area contributed by atoms with E-state index in [-0.39, 0.29) is 5.75 Å². The summed E-state index contributed by atoms with van der Waals surface area (Å²) in [7, 11) is 0. The molecule has 0 radical (unpaired) electrons. The van der Waals surface area contributed by atoms with Crippen LogP contribution in [-0.2, 0) is 6.54 Å². The van der Waals surface area contributed by atoms with Crippen LogP contribution in [0.4, 0.5) is 4.39 Å². The summed E-state index contributed by atoms with van der Waals surface area (Å²) in [5.74, 6) is 0.108. The second-order valence-corrected chi connectivity index (χ2v) is 3.91. The zero-order chi connectivity index (χ0) is 12.3. The van der Waals surface area contributed by atoms with Gasteiger partial charge in [-0.15, -0.1) is 0 Å². The van der Waals surface area contributed by atoms with Gasteiger partial charge in [0.15, 0.2) is 11.6 Å². The smallest absolute Gasteiger partial charge is 0.166 e. The van der Waals surface area contributed by atoms with Crippen molar-refractivity contribution in [1.82, 2.24) is 0 Å². The first kappa shape index (κ1) is 11.9. The lowest BCUT2D eigenvalue weighted by atomic mass is 10.2. The van der Waals surface area contributed by atoms with E-state index in [2.05, 4.69) is 0 Å². The molecule has 0 atom stereocenters. The maximum atomic E-state index is 13.6. The minimum Gasteiger partial charge on any atom is -0.453 e. The summed E-state index contributed by atoms with van der Waals surface area (Å²) in [6.07, 6.45) is 0. The number of nitrogens with two attached hydrogens (primary N) is 1. The van der Waals surface area contributed by atoms with Crippen LogP contribution in [0.1, 0.15) is 5.56 Å². The van der Waals surface area contributed by atoms with Crippen molar-refractivity contribution in [2.75, 3.05) is 0 Å². The second-order valence-electron chi connectivity index (χ2n) is 3.50. The van der Waals surface area contributed by atoms with E-state index in [9.17, 15) is 4.39 Å². The SMILES string of the molecule is NCc1ccc(Oc2ccccc2Cl)c(F)c1. The standard InChI is InChI=1S/C13H11ClFNO/c14-10-3-1-2-4-12(10)17-13-6-5-9(8-16)7-11(13)15/h1-7H,8,16H2. The lowest BCUT2D eigenvalue weighted by Gasteiger charge is -2.08. The normalized spacial score (nSPS) is 10.3. The number of benzene rings is 2. The van der Waals surface area contributed by atoms with Gasteiger partial charge in [-0.3, -0.25) is 0 Å². The fourth-order valence-corrected chi connectivity index (χ4v) is 1.57. The molecule has 2 nitrogen and oxygen atoms in total. The van der Waals surface area contributed by atoms with Crippen molar-refractivity contribution in [1.29, 1.82) is 0 Å². The Bertz CT molecular complexity index is 531. The summed E-state index contributed by atoms with van der Waals surface area (Å²) in [6.45, 7) is 0.295. The van der Waals surface area contributed by atoms with Gasteiger partial charge in [0.2, 0.25) is 0 Å². The van der Waals surface area contributed by atoms with Crippen molar-refractivity contribution in [2.24, 2.45) is 5.73 Å². The molecule has 88 valence electrons. The summed E-state index contributed by atoms with van der Waals surface area (Å²) in [6, 6.07) is 11.5. The molecule has 2 N–H and O–H groups in total. The largest absolute Gasteiger partial charge is 0.453 e. The molecular weight excluding hydrogens is 241 g/mol. The first-order valence-electron chi connectivity index (χ1n) is 5.11. The highest BCUT2D eigenvalue weighted by Crippen LogP contribution is 2.30. The van der Waals surface area contributed by atoms with Crippen molar-refractivity contribution >= 4 is 11.6 Å². The van der Waals surface area contributed by atoms with E-state index in [4.69, 9.17) is 22.1 Å². The molecular formula is C13H11ClFNO. The van der Waals surface area contributed by atoms with Crippen molar-refractivity contribution in [2.45, 2.75) is 6.54 Å². The van der Waals surface area contributed by atoms with Crippen LogP contribution in [0.15, 0.2) is 42.5 Å². The maximum absolute atomic E-state index is 13.6. The van der Waals surface area contributed by atoms with E-state index in [1.165, 1.54) is 6.07 Å². The molecule has 0 bridgehead atoms. The van der Waals surface area contributed by atoms with Crippen LogP contribution < -0.4 is 10.5 Å². The van der Waals surface area contributed by atoms with Gasteiger partial charge in [0, 0.05) is 6.54 Å². The molecule has 2 aromatic carbocycles. The van der Waals surface area contributed by atoms with Crippen LogP contribution in [-0.4, -0.2) is 0 Å². The van der Waals surface area contributed by atoms with Crippen molar-refractivity contribution in [3.05, 3.63) is 58.9 Å². The lowest BCUT2D eigenvalue weighted by molar-refractivity contribution is 0.442. The summed E-state index contributed by atoms with van der Waals surface area (Å²) in [4.78, 5) is 0. The topological polar surface area (TPSA) is 35.2 Å². The summed E-state index contributed by atoms with van der Waals surface area (Å²) >= 11 is 5.92. The van der Waals surface area contributed by atoms with Gasteiger partial charge >= 0.3 is 0 Å². The molecule has 0 fully saturated rings. The molecule has 0 saturated heterocycles. The minimum atomic E-state index is -0.451. The van der Waals surface area contributed by atoms with E-state index >= 15 is 0 Å². The monoisotopic (exact) mass is 251 g/mol. The molecule has 0 aromatic heterocycles. The average Bonchev–Trinajstić information content (AvgIpc) is 2.34. The van der Waals surface area contributed by atoms with E-state index in [1.807, 2.05) is 0 Å². The Morgan fingerprint density at radius 3 is 2.53 bits per heavy atom. The minimum absolute atomic E-state index is 0.135. The van der Waals surface area contributed by atoms with Gasteiger partial charge < -0.3 is 10.5 Å². The molecule has 0 spiro atoms. The predicted molar refractivity (Wildman–Crippen MR) is 65.8 cm³/mol. The van der Waals surface area contributed by atoms with E-state index in [1.54, 1.807) is 36.4 Å². The predicted octanol–water partition coefficient (Wildman–Crippen LogP) is 3.73. The molecule has 2 rings (SSSR count). The molecule has 17 heavy (non-hydrogen) atoms. The number of hydrogen-bond donors (Lipinski definition) is 1. The molecule has 0 aliphatic carbocycles. The van der Waals surface area contributed by atoms with Gasteiger partial charge in [0.25, 0.3) is 0 Å². The second kappa shape index (κ2) is 5.17. The summed E-state index contributed by atoms with van der Waals surface area (Å²) < 4.78 is 19.0. The van der Waals surface area contributed by atoms with Crippen LogP contribution in [0.25, 0.3) is 0 Å². The summed E-state index contributed by atoms with van der Waals surface area (Å²) in [5, 5.41) is 0.440. The average molecular weight is 252 g/mol. The molecule has 0 unspecified atom stereocenters. The van der Waals surface area contributed by atoms with Gasteiger partial charge in [-0.05, 0) is 29.8 Å². The summed E-state index contributed by atoms with van der Waals surface area (Å²) in [5.41, 5.74) is 6.13. The van der Waals surface area contributed by atoms with Crippen molar-refractivity contribution < 1.29 is 9.13 Å². The quantitative estimate of drug-likeness (QED) is 0.902. The zero-order valence-corrected chi connectivity index (χ0v) is 9.75. The number of para-hydroxylation sites is 1. The van der Waals surface area contributed by atoms with Crippen molar-refractivity contribution in [3.63, 3.8) is 0 Å². The van der Waals surface area contributed by atoms with Crippen LogP contribution in [0.5, 0.6) is 11.5 Å². The number of ether oxygens (including phenoxy) is 1. The third-order valence-electron chi connectivity index (χ3n) is 2.29. The van der Waals surface area contributed by atoms with Gasteiger partial charge in [-0.1, -0.05) is 29.8 Å². The highest BCUT2D eigenvalue weighted by molar-refractivity contribution is 6.32. The van der Waals surface area contributed by atoms with Crippen molar-refractivity contribution in [3.8, 4) is 11.5 Å². The fourth-order valence-electron chi connectivity index (χ4n) is 1.40. The Labute approximate surface area is 104 Å².